The maximum absolute atomic E-state index is 6.24. The minimum absolute atomic E-state index is 0.779. The Kier molecular flexibility index (Phi) is 3.82. The van der Waals surface area contributed by atoms with Crippen LogP contribution in [0.1, 0.15) is 17.5 Å². The fraction of sp³-hybridized carbons (Fsp3) is 0.364. The highest BCUT2D eigenvalue weighted by atomic mass is 79.9. The van der Waals surface area contributed by atoms with E-state index in [4.69, 9.17) is 16.4 Å². The minimum Gasteiger partial charge on any atom is -0.399 e. The smallest absolute Gasteiger partial charge is 0.106 e. The van der Waals surface area contributed by atoms with Gasteiger partial charge < -0.3 is 4.84 Å². The molecule has 1 aromatic rings. The normalized spacial score (nSPS) is 17.4. The highest BCUT2D eigenvalue weighted by molar-refractivity contribution is 9.10. The fourth-order valence-electron chi connectivity index (χ4n) is 1.76. The first-order valence-electron chi connectivity index (χ1n) is 4.87. The van der Waals surface area contributed by atoms with E-state index in [1.807, 2.05) is 6.07 Å². The zero-order valence-electron chi connectivity index (χ0n) is 9.01. The third kappa shape index (κ3) is 2.11. The summed E-state index contributed by atoms with van der Waals surface area (Å²) in [5.74, 6) is 0.996. The van der Waals surface area contributed by atoms with Crippen LogP contribution in [0.5, 0.6) is 0 Å². The van der Waals surface area contributed by atoms with Gasteiger partial charge in [0.1, 0.15) is 7.11 Å². The summed E-state index contributed by atoms with van der Waals surface area (Å²) < 4.78 is 1.02. The van der Waals surface area contributed by atoms with Gasteiger partial charge in [-0.2, -0.15) is 0 Å². The third-order valence-electron chi connectivity index (χ3n) is 2.51. The van der Waals surface area contributed by atoms with Crippen molar-refractivity contribution in [3.05, 3.63) is 26.7 Å². The Balaban J connectivity index is 2.67. The van der Waals surface area contributed by atoms with Crippen molar-refractivity contribution < 1.29 is 4.84 Å². The second kappa shape index (κ2) is 4.98. The topological polar surface area (TPSA) is 21.6 Å². The second-order valence-corrected chi connectivity index (χ2v) is 5.86. The Morgan fingerprint density at radius 3 is 3.00 bits per heavy atom. The highest BCUT2D eigenvalue weighted by Crippen LogP contribution is 2.40. The molecule has 86 valence electrons. The summed E-state index contributed by atoms with van der Waals surface area (Å²) in [5.41, 5.74) is 3.27. The molecule has 0 unspecified atom stereocenters. The molecule has 0 atom stereocenters. The summed E-state index contributed by atoms with van der Waals surface area (Å²) >= 11 is 11.5. The van der Waals surface area contributed by atoms with Gasteiger partial charge in [0, 0.05) is 27.1 Å². The van der Waals surface area contributed by atoms with E-state index in [0.29, 0.717) is 0 Å². The van der Waals surface area contributed by atoms with Crippen LogP contribution in [-0.4, -0.2) is 18.6 Å². The molecule has 1 heterocycles. The molecule has 2 rings (SSSR count). The lowest BCUT2D eigenvalue weighted by Crippen LogP contribution is -2.13. The average molecular weight is 321 g/mol. The van der Waals surface area contributed by atoms with E-state index in [1.165, 1.54) is 5.56 Å². The van der Waals surface area contributed by atoms with Gasteiger partial charge in [-0.3, -0.25) is 0 Å². The number of benzene rings is 1. The molecular weight excluding hydrogens is 310 g/mol. The van der Waals surface area contributed by atoms with E-state index in [2.05, 4.69) is 28.0 Å². The van der Waals surface area contributed by atoms with E-state index in [1.54, 1.807) is 18.9 Å². The molecule has 0 saturated carbocycles. The molecular formula is C11H11BrClNOS. The van der Waals surface area contributed by atoms with Crippen LogP contribution in [0.3, 0.4) is 0 Å². The van der Waals surface area contributed by atoms with Crippen molar-refractivity contribution in [1.29, 1.82) is 0 Å². The number of thioether (sulfide) groups is 1. The molecule has 0 radical (unpaired) electrons. The molecule has 0 saturated heterocycles. The summed E-state index contributed by atoms with van der Waals surface area (Å²) in [6.07, 6.45) is 0.916. The molecule has 5 heteroatoms. The first kappa shape index (κ1) is 12.3. The number of hydrogen-bond donors (Lipinski definition) is 0. The predicted molar refractivity (Wildman–Crippen MR) is 72.8 cm³/mol. The van der Waals surface area contributed by atoms with Crippen LogP contribution in [-0.2, 0) is 4.84 Å². The molecule has 1 aliphatic rings. The number of hydrogen-bond acceptors (Lipinski definition) is 3. The minimum atomic E-state index is 0.779. The second-order valence-electron chi connectivity index (χ2n) is 3.49. The third-order valence-corrected chi connectivity index (χ3v) is 4.86. The zero-order valence-corrected chi connectivity index (χ0v) is 12.2. The van der Waals surface area contributed by atoms with Crippen molar-refractivity contribution in [1.82, 2.24) is 0 Å². The zero-order chi connectivity index (χ0) is 11.7. The van der Waals surface area contributed by atoms with Crippen molar-refractivity contribution in [2.45, 2.75) is 18.2 Å². The van der Waals surface area contributed by atoms with Crippen molar-refractivity contribution in [3.63, 3.8) is 0 Å². The summed E-state index contributed by atoms with van der Waals surface area (Å²) in [6, 6.07) is 1.94. The summed E-state index contributed by atoms with van der Waals surface area (Å²) in [4.78, 5) is 6.01. The Hall–Kier alpha value is -0.190. The van der Waals surface area contributed by atoms with Crippen LogP contribution < -0.4 is 0 Å². The lowest BCUT2D eigenvalue weighted by molar-refractivity contribution is 0.213. The van der Waals surface area contributed by atoms with Gasteiger partial charge in [0.05, 0.1) is 10.7 Å². The molecule has 0 N–H and O–H groups in total. The molecule has 16 heavy (non-hydrogen) atoms. The lowest BCUT2D eigenvalue weighted by atomic mass is 10.0. The first-order chi connectivity index (χ1) is 7.65. The van der Waals surface area contributed by atoms with Gasteiger partial charge in [-0.05, 0) is 18.6 Å². The summed E-state index contributed by atoms with van der Waals surface area (Å²) in [7, 11) is 1.57. The molecule has 1 aromatic carbocycles. The van der Waals surface area contributed by atoms with E-state index < -0.39 is 0 Å². The van der Waals surface area contributed by atoms with Gasteiger partial charge in [0.25, 0.3) is 0 Å². The lowest BCUT2D eigenvalue weighted by Gasteiger charge is -2.21. The quantitative estimate of drug-likeness (QED) is 0.721. The molecule has 0 fully saturated rings. The number of halogens is 2. The molecule has 0 amide bonds. The SMILES string of the molecule is CO/N=C1\CCSc2c(Cl)cc(Br)c(C)c21. The van der Waals surface area contributed by atoms with Crippen LogP contribution >= 0.6 is 39.3 Å². The molecule has 2 nitrogen and oxygen atoms in total. The average Bonchev–Trinajstić information content (AvgIpc) is 2.26. The Morgan fingerprint density at radius 1 is 1.56 bits per heavy atom. The van der Waals surface area contributed by atoms with Crippen LogP contribution in [0.25, 0.3) is 0 Å². The maximum Gasteiger partial charge on any atom is 0.106 e. The fourth-order valence-corrected chi connectivity index (χ4v) is 3.80. The standard InChI is InChI=1S/C11H11BrClNOS/c1-6-7(12)5-8(13)11-10(6)9(14-15-2)3-4-16-11/h5H,3-4H2,1-2H3/b14-9+. The highest BCUT2D eigenvalue weighted by Gasteiger charge is 2.23. The van der Waals surface area contributed by atoms with Crippen LogP contribution in [0.2, 0.25) is 5.02 Å². The molecule has 0 aromatic heterocycles. The predicted octanol–water partition coefficient (Wildman–Crippen LogP) is 4.26. The van der Waals surface area contributed by atoms with Crippen LogP contribution in [0, 0.1) is 6.92 Å². The van der Waals surface area contributed by atoms with Crippen molar-refractivity contribution >= 4 is 45.0 Å². The van der Waals surface area contributed by atoms with Crippen LogP contribution in [0.15, 0.2) is 20.6 Å². The van der Waals surface area contributed by atoms with E-state index in [-0.39, 0.29) is 0 Å². The number of fused-ring (bicyclic) bond motifs is 1. The Labute approximate surface area is 113 Å². The van der Waals surface area contributed by atoms with E-state index >= 15 is 0 Å². The van der Waals surface area contributed by atoms with Gasteiger partial charge >= 0.3 is 0 Å². The first-order valence-corrected chi connectivity index (χ1v) is 7.02. The van der Waals surface area contributed by atoms with Gasteiger partial charge in [0.2, 0.25) is 0 Å². The van der Waals surface area contributed by atoms with Gasteiger partial charge in [-0.25, -0.2) is 0 Å². The monoisotopic (exact) mass is 319 g/mol. The van der Waals surface area contributed by atoms with Gasteiger partial charge in [-0.15, -0.1) is 11.8 Å². The van der Waals surface area contributed by atoms with Crippen molar-refractivity contribution in [2.75, 3.05) is 12.9 Å². The number of rotatable bonds is 1. The summed E-state index contributed by atoms with van der Waals surface area (Å²) in [6.45, 7) is 2.07. The maximum atomic E-state index is 6.24. The molecule has 1 aliphatic heterocycles. The van der Waals surface area contributed by atoms with Gasteiger partial charge in [-0.1, -0.05) is 32.7 Å². The van der Waals surface area contributed by atoms with E-state index in [0.717, 1.165) is 37.8 Å². The Morgan fingerprint density at radius 2 is 2.31 bits per heavy atom. The molecule has 0 bridgehead atoms. The molecule has 0 spiro atoms. The van der Waals surface area contributed by atoms with Crippen LogP contribution in [0.4, 0.5) is 0 Å². The van der Waals surface area contributed by atoms with Crippen molar-refractivity contribution in [2.24, 2.45) is 5.16 Å². The number of oxime groups is 1. The van der Waals surface area contributed by atoms with Crippen molar-refractivity contribution in [3.8, 4) is 0 Å². The van der Waals surface area contributed by atoms with E-state index in [9.17, 15) is 0 Å². The largest absolute Gasteiger partial charge is 0.399 e. The number of nitrogens with zero attached hydrogens (tertiary/aromatic N) is 1. The Bertz CT molecular complexity index is 462. The molecule has 0 aliphatic carbocycles. The van der Waals surface area contributed by atoms with Gasteiger partial charge in [0.15, 0.2) is 0 Å². The summed E-state index contributed by atoms with van der Waals surface area (Å²) in [5, 5.41) is 4.87.